The van der Waals surface area contributed by atoms with Crippen LogP contribution in [0.1, 0.15) is 30.8 Å². The number of halogens is 3. The van der Waals surface area contributed by atoms with Gasteiger partial charge in [-0.25, -0.2) is 0 Å². The Labute approximate surface area is 147 Å². The van der Waals surface area contributed by atoms with Gasteiger partial charge >= 0.3 is 0 Å². The Morgan fingerprint density at radius 1 is 1.38 bits per heavy atom. The molecule has 0 saturated carbocycles. The van der Waals surface area contributed by atoms with Crippen LogP contribution >= 0.6 is 43.5 Å². The van der Waals surface area contributed by atoms with Gasteiger partial charge in [-0.15, -0.1) is 0 Å². The first kappa shape index (κ1) is 17.0. The summed E-state index contributed by atoms with van der Waals surface area (Å²) in [5.41, 5.74) is 9.03. The van der Waals surface area contributed by atoms with Gasteiger partial charge in [0.1, 0.15) is 0 Å². The quantitative estimate of drug-likeness (QED) is 0.764. The van der Waals surface area contributed by atoms with Crippen molar-refractivity contribution in [2.75, 3.05) is 0 Å². The van der Waals surface area contributed by atoms with Gasteiger partial charge in [0.15, 0.2) is 0 Å². The Balaban J connectivity index is 2.39. The van der Waals surface area contributed by atoms with Gasteiger partial charge < -0.3 is 5.73 Å². The molecular weight excluding hydrogens is 417 g/mol. The molecule has 0 amide bonds. The maximum absolute atomic E-state index is 6.55. The Kier molecular flexibility index (Phi) is 5.19. The van der Waals surface area contributed by atoms with E-state index in [1.807, 2.05) is 36.9 Å². The molecule has 0 aliphatic heterocycles. The van der Waals surface area contributed by atoms with E-state index in [0.29, 0.717) is 11.4 Å². The predicted molar refractivity (Wildman–Crippen MR) is 94.7 cm³/mol. The van der Waals surface area contributed by atoms with Crippen LogP contribution in [0.25, 0.3) is 0 Å². The number of aryl methyl sites for hydroxylation is 2. The Morgan fingerprint density at radius 3 is 2.57 bits per heavy atom. The summed E-state index contributed by atoms with van der Waals surface area (Å²) in [6.07, 6.45) is 1.53. The molecule has 6 heteroatoms. The summed E-state index contributed by atoms with van der Waals surface area (Å²) in [4.78, 5) is 0. The molecule has 2 aromatic rings. The van der Waals surface area contributed by atoms with Crippen molar-refractivity contribution >= 4 is 43.5 Å². The average Bonchev–Trinajstić information content (AvgIpc) is 2.65. The number of nitrogens with zero attached hydrogens (tertiary/aromatic N) is 2. The fourth-order valence-corrected chi connectivity index (χ4v) is 4.05. The monoisotopic (exact) mass is 433 g/mol. The largest absolute Gasteiger partial charge is 0.321 e. The maximum Gasteiger partial charge on any atom is 0.0766 e. The van der Waals surface area contributed by atoms with E-state index in [1.165, 1.54) is 0 Å². The zero-order chi connectivity index (χ0) is 15.8. The summed E-state index contributed by atoms with van der Waals surface area (Å²) in [6.45, 7) is 4.08. The van der Waals surface area contributed by atoms with Crippen molar-refractivity contribution in [2.45, 2.75) is 32.2 Å². The minimum Gasteiger partial charge on any atom is -0.321 e. The zero-order valence-corrected chi connectivity index (χ0v) is 16.2. The van der Waals surface area contributed by atoms with E-state index >= 15 is 0 Å². The normalized spacial score (nSPS) is 14.2. The van der Waals surface area contributed by atoms with Gasteiger partial charge in [-0.3, -0.25) is 4.68 Å². The van der Waals surface area contributed by atoms with E-state index in [0.717, 1.165) is 32.3 Å². The summed E-state index contributed by atoms with van der Waals surface area (Å²) in [5.74, 6) is 0. The lowest BCUT2D eigenvalue weighted by atomic mass is 9.88. The molecule has 0 aliphatic rings. The molecule has 0 saturated heterocycles. The second kappa shape index (κ2) is 6.41. The molecule has 114 valence electrons. The second-order valence-electron chi connectivity index (χ2n) is 5.40. The third-order valence-corrected chi connectivity index (χ3v) is 5.31. The van der Waals surface area contributed by atoms with E-state index < -0.39 is 5.54 Å². The van der Waals surface area contributed by atoms with Crippen LogP contribution in [-0.4, -0.2) is 9.78 Å². The van der Waals surface area contributed by atoms with Crippen molar-refractivity contribution in [1.29, 1.82) is 0 Å². The molecule has 0 bridgehead atoms. The Bertz CT molecular complexity index is 665. The van der Waals surface area contributed by atoms with E-state index in [4.69, 9.17) is 17.3 Å². The van der Waals surface area contributed by atoms with Crippen molar-refractivity contribution in [3.63, 3.8) is 0 Å². The molecule has 2 rings (SSSR count). The fraction of sp³-hybridized carbons (Fsp3) is 0.400. The second-order valence-corrected chi connectivity index (χ2v) is 7.52. The predicted octanol–water partition coefficient (Wildman–Crippen LogP) is 4.58. The summed E-state index contributed by atoms with van der Waals surface area (Å²) in [7, 11) is 1.94. The molecule has 0 radical (unpaired) electrons. The van der Waals surface area contributed by atoms with E-state index in [2.05, 4.69) is 43.9 Å². The number of benzene rings is 1. The van der Waals surface area contributed by atoms with Gasteiger partial charge in [-0.2, -0.15) is 5.10 Å². The summed E-state index contributed by atoms with van der Waals surface area (Å²) in [5, 5.41) is 5.19. The first-order valence-corrected chi connectivity index (χ1v) is 8.67. The lowest BCUT2D eigenvalue weighted by Crippen LogP contribution is -2.36. The Morgan fingerprint density at radius 2 is 2.05 bits per heavy atom. The molecule has 2 N–H and O–H groups in total. The van der Waals surface area contributed by atoms with Crippen LogP contribution in [0, 0.1) is 0 Å². The topological polar surface area (TPSA) is 43.8 Å². The number of rotatable bonds is 4. The highest BCUT2D eigenvalue weighted by atomic mass is 79.9. The first-order valence-electron chi connectivity index (χ1n) is 6.71. The van der Waals surface area contributed by atoms with Gasteiger partial charge in [0, 0.05) is 28.5 Å². The third kappa shape index (κ3) is 3.52. The molecule has 0 aliphatic carbocycles. The van der Waals surface area contributed by atoms with Gasteiger partial charge in [-0.1, -0.05) is 40.5 Å². The highest BCUT2D eigenvalue weighted by Crippen LogP contribution is 2.33. The summed E-state index contributed by atoms with van der Waals surface area (Å²) >= 11 is 13.4. The molecule has 1 unspecified atom stereocenters. The SMILES string of the molecule is CCc1nn(C)c(CC(C)(N)c2ccc(Br)cc2Cl)c1Br. The first-order chi connectivity index (χ1) is 9.76. The molecule has 1 aromatic carbocycles. The average molecular weight is 436 g/mol. The number of nitrogens with two attached hydrogens (primary N) is 1. The van der Waals surface area contributed by atoms with Crippen LogP contribution in [0.3, 0.4) is 0 Å². The molecule has 0 fully saturated rings. The van der Waals surface area contributed by atoms with Crippen LogP contribution < -0.4 is 5.73 Å². The van der Waals surface area contributed by atoms with Gasteiger partial charge in [0.2, 0.25) is 0 Å². The van der Waals surface area contributed by atoms with Gasteiger partial charge in [0.25, 0.3) is 0 Å². The van der Waals surface area contributed by atoms with Crippen molar-refractivity contribution in [3.05, 3.63) is 49.1 Å². The lowest BCUT2D eigenvalue weighted by molar-refractivity contribution is 0.471. The highest BCUT2D eigenvalue weighted by molar-refractivity contribution is 9.10. The van der Waals surface area contributed by atoms with Crippen molar-refractivity contribution in [3.8, 4) is 0 Å². The number of aromatic nitrogens is 2. The van der Waals surface area contributed by atoms with E-state index in [-0.39, 0.29) is 0 Å². The molecule has 0 spiro atoms. The van der Waals surface area contributed by atoms with Crippen LogP contribution in [0.2, 0.25) is 5.02 Å². The Hall–Kier alpha value is -0.360. The molecule has 1 atom stereocenters. The smallest absolute Gasteiger partial charge is 0.0766 e. The minimum atomic E-state index is -0.570. The molecule has 21 heavy (non-hydrogen) atoms. The zero-order valence-electron chi connectivity index (χ0n) is 12.3. The standard InChI is InChI=1S/C15H18Br2ClN3/c1-4-12-14(17)13(21(3)20-12)8-15(2,19)10-6-5-9(16)7-11(10)18/h5-7H,4,8,19H2,1-3H3. The van der Waals surface area contributed by atoms with Crippen LogP contribution in [0.15, 0.2) is 27.1 Å². The van der Waals surface area contributed by atoms with Crippen molar-refractivity contribution < 1.29 is 0 Å². The van der Waals surface area contributed by atoms with Crippen molar-refractivity contribution in [1.82, 2.24) is 9.78 Å². The lowest BCUT2D eigenvalue weighted by Gasteiger charge is -2.26. The summed E-state index contributed by atoms with van der Waals surface area (Å²) < 4.78 is 3.88. The highest BCUT2D eigenvalue weighted by Gasteiger charge is 2.28. The van der Waals surface area contributed by atoms with Gasteiger partial charge in [-0.05, 0) is 47.0 Å². The molecule has 1 heterocycles. The molecular formula is C15H18Br2ClN3. The van der Waals surface area contributed by atoms with E-state index in [9.17, 15) is 0 Å². The van der Waals surface area contributed by atoms with Crippen molar-refractivity contribution in [2.24, 2.45) is 12.8 Å². The third-order valence-electron chi connectivity index (χ3n) is 3.58. The van der Waals surface area contributed by atoms with E-state index in [1.54, 1.807) is 0 Å². The summed E-state index contributed by atoms with van der Waals surface area (Å²) in [6, 6.07) is 5.80. The van der Waals surface area contributed by atoms with Crippen LogP contribution in [0.5, 0.6) is 0 Å². The van der Waals surface area contributed by atoms with Crippen LogP contribution in [0.4, 0.5) is 0 Å². The number of hydrogen-bond acceptors (Lipinski definition) is 2. The van der Waals surface area contributed by atoms with Crippen LogP contribution in [-0.2, 0) is 25.4 Å². The number of hydrogen-bond donors (Lipinski definition) is 1. The van der Waals surface area contributed by atoms with Gasteiger partial charge in [0.05, 0.1) is 15.9 Å². The molecule has 3 nitrogen and oxygen atoms in total. The fourth-order valence-electron chi connectivity index (χ4n) is 2.41. The minimum absolute atomic E-state index is 0.570. The maximum atomic E-state index is 6.55. The molecule has 1 aromatic heterocycles.